The van der Waals surface area contributed by atoms with E-state index in [0.29, 0.717) is 0 Å². The summed E-state index contributed by atoms with van der Waals surface area (Å²) in [5.41, 5.74) is 4.01. The highest BCUT2D eigenvalue weighted by atomic mass is 16.2. The molecule has 1 aromatic heterocycles. The molecule has 8 N–H and O–H groups in total. The Morgan fingerprint density at radius 1 is 1.18 bits per heavy atom. The van der Waals surface area contributed by atoms with Crippen LogP contribution in [0.3, 0.4) is 0 Å². The number of rotatable bonds is 0. The van der Waals surface area contributed by atoms with E-state index in [4.69, 9.17) is 5.73 Å². The minimum atomic E-state index is -0.583. The van der Waals surface area contributed by atoms with Crippen LogP contribution in [0.2, 0.25) is 0 Å². The number of nitrogens with two attached hydrogens (primary N) is 1. The lowest BCUT2D eigenvalue weighted by atomic mass is 10.6. The van der Waals surface area contributed by atoms with Crippen LogP contribution in [0.4, 0.5) is 5.82 Å². The van der Waals surface area contributed by atoms with Crippen molar-refractivity contribution in [1.29, 1.82) is 0 Å². The van der Waals surface area contributed by atoms with Crippen LogP contribution in [0.1, 0.15) is 0 Å². The summed E-state index contributed by atoms with van der Waals surface area (Å²) in [4.78, 5) is 24.8. The quantitative estimate of drug-likeness (QED) is 0.373. The zero-order chi connectivity index (χ0) is 6.85. The van der Waals surface area contributed by atoms with E-state index < -0.39 is 11.2 Å². The van der Waals surface area contributed by atoms with Gasteiger partial charge in [0.15, 0.2) is 0 Å². The van der Waals surface area contributed by atoms with E-state index in [1.807, 2.05) is 4.98 Å². The SMILES string of the molecule is Nc1cc(=O)[nH]c(=O)[nH]1.O.O. The molecule has 0 saturated heterocycles. The molecular formula is C4H9N3O4. The second kappa shape index (κ2) is 4.25. The van der Waals surface area contributed by atoms with E-state index in [1.165, 1.54) is 0 Å². The van der Waals surface area contributed by atoms with Gasteiger partial charge in [0.05, 0.1) is 0 Å². The number of aromatic nitrogens is 2. The molecule has 0 unspecified atom stereocenters. The molecule has 11 heavy (non-hydrogen) atoms. The van der Waals surface area contributed by atoms with Crippen molar-refractivity contribution in [1.82, 2.24) is 9.97 Å². The number of hydrogen-bond donors (Lipinski definition) is 3. The Morgan fingerprint density at radius 3 is 2.09 bits per heavy atom. The summed E-state index contributed by atoms with van der Waals surface area (Å²) >= 11 is 0. The largest absolute Gasteiger partial charge is 0.412 e. The maximum Gasteiger partial charge on any atom is 0.327 e. The average Bonchev–Trinajstić information content (AvgIpc) is 1.59. The van der Waals surface area contributed by atoms with Gasteiger partial charge in [-0.3, -0.25) is 14.8 Å². The lowest BCUT2D eigenvalue weighted by Gasteiger charge is -1.85. The highest BCUT2D eigenvalue weighted by Crippen LogP contribution is 1.77. The van der Waals surface area contributed by atoms with Crippen LogP contribution in [0, 0.1) is 0 Å². The number of nitrogen functional groups attached to an aromatic ring is 1. The molecule has 7 nitrogen and oxygen atoms in total. The summed E-state index contributed by atoms with van der Waals surface area (Å²) in [7, 11) is 0. The van der Waals surface area contributed by atoms with Crippen LogP contribution >= 0.6 is 0 Å². The Balaban J connectivity index is 0. The Kier molecular flexibility index (Phi) is 4.68. The predicted molar refractivity (Wildman–Crippen MR) is 39.3 cm³/mol. The van der Waals surface area contributed by atoms with Gasteiger partial charge in [0, 0.05) is 6.07 Å². The van der Waals surface area contributed by atoms with Crippen molar-refractivity contribution in [2.24, 2.45) is 0 Å². The molecule has 0 aromatic carbocycles. The van der Waals surface area contributed by atoms with E-state index >= 15 is 0 Å². The van der Waals surface area contributed by atoms with Crippen LogP contribution in [-0.4, -0.2) is 20.9 Å². The number of H-pyrrole nitrogens is 2. The Bertz CT molecular complexity index is 285. The van der Waals surface area contributed by atoms with Gasteiger partial charge in [-0.15, -0.1) is 0 Å². The van der Waals surface area contributed by atoms with Crippen molar-refractivity contribution >= 4 is 5.82 Å². The molecule has 0 atom stereocenters. The van der Waals surface area contributed by atoms with E-state index in [-0.39, 0.29) is 16.8 Å². The van der Waals surface area contributed by atoms with Crippen LogP contribution in [-0.2, 0) is 0 Å². The van der Waals surface area contributed by atoms with Crippen LogP contribution in [0.5, 0.6) is 0 Å². The second-order valence-corrected chi connectivity index (χ2v) is 1.54. The van der Waals surface area contributed by atoms with Gasteiger partial charge in [0.2, 0.25) is 0 Å². The van der Waals surface area contributed by atoms with Gasteiger partial charge in [0.25, 0.3) is 5.56 Å². The smallest absolute Gasteiger partial charge is 0.327 e. The molecule has 64 valence electrons. The molecule has 0 aliphatic carbocycles. The zero-order valence-electron chi connectivity index (χ0n) is 5.47. The maximum absolute atomic E-state index is 10.4. The third kappa shape index (κ3) is 3.18. The van der Waals surface area contributed by atoms with Gasteiger partial charge in [0.1, 0.15) is 5.82 Å². The van der Waals surface area contributed by atoms with Crippen molar-refractivity contribution in [3.8, 4) is 0 Å². The first-order valence-corrected chi connectivity index (χ1v) is 2.27. The van der Waals surface area contributed by atoms with E-state index in [1.54, 1.807) is 0 Å². The number of hydrogen-bond acceptors (Lipinski definition) is 3. The molecule has 0 aliphatic rings. The fraction of sp³-hybridized carbons (Fsp3) is 0. The maximum atomic E-state index is 10.4. The molecule has 0 radical (unpaired) electrons. The number of anilines is 1. The van der Waals surface area contributed by atoms with Gasteiger partial charge >= 0.3 is 5.69 Å². The van der Waals surface area contributed by atoms with Crippen LogP contribution in [0.25, 0.3) is 0 Å². The summed E-state index contributed by atoms with van der Waals surface area (Å²) in [5.74, 6) is 0.0729. The third-order valence-corrected chi connectivity index (χ3v) is 0.781. The summed E-state index contributed by atoms with van der Waals surface area (Å²) < 4.78 is 0. The monoisotopic (exact) mass is 163 g/mol. The van der Waals surface area contributed by atoms with Crippen molar-refractivity contribution in [3.63, 3.8) is 0 Å². The minimum Gasteiger partial charge on any atom is -0.412 e. The summed E-state index contributed by atoms with van der Waals surface area (Å²) in [6.45, 7) is 0. The molecule has 1 aromatic rings. The second-order valence-electron chi connectivity index (χ2n) is 1.54. The lowest BCUT2D eigenvalue weighted by molar-refractivity contribution is 0.823. The molecular weight excluding hydrogens is 154 g/mol. The van der Waals surface area contributed by atoms with E-state index in [2.05, 4.69) is 4.98 Å². The van der Waals surface area contributed by atoms with Crippen molar-refractivity contribution in [2.75, 3.05) is 5.73 Å². The molecule has 0 bridgehead atoms. The van der Waals surface area contributed by atoms with Crippen molar-refractivity contribution in [2.45, 2.75) is 0 Å². The third-order valence-electron chi connectivity index (χ3n) is 0.781. The molecule has 0 spiro atoms. The first-order chi connectivity index (χ1) is 4.18. The zero-order valence-corrected chi connectivity index (χ0v) is 5.47. The minimum absolute atomic E-state index is 0. The van der Waals surface area contributed by atoms with Crippen molar-refractivity contribution in [3.05, 3.63) is 26.9 Å². The highest BCUT2D eigenvalue weighted by molar-refractivity contribution is 5.22. The fourth-order valence-electron chi connectivity index (χ4n) is 0.488. The van der Waals surface area contributed by atoms with Gasteiger partial charge < -0.3 is 16.7 Å². The number of aromatic amines is 2. The molecule has 1 heterocycles. The standard InChI is InChI=1S/C4H5N3O2.2H2O/c5-2-1-3(8)7-4(9)6-2;;/h1H,(H4,5,6,7,8,9);2*1H2. The van der Waals surface area contributed by atoms with Gasteiger partial charge in [-0.25, -0.2) is 4.79 Å². The molecule has 0 aliphatic heterocycles. The predicted octanol–water partition coefficient (Wildman–Crippen LogP) is -3.00. The topological polar surface area (TPSA) is 155 Å². The van der Waals surface area contributed by atoms with Gasteiger partial charge in [-0.1, -0.05) is 0 Å². The molecule has 0 amide bonds. The van der Waals surface area contributed by atoms with Crippen LogP contribution < -0.4 is 17.0 Å². The van der Waals surface area contributed by atoms with Gasteiger partial charge in [-0.2, -0.15) is 0 Å². The summed E-state index contributed by atoms with van der Waals surface area (Å²) in [6, 6.07) is 1.10. The Labute approximate surface area is 60.5 Å². The van der Waals surface area contributed by atoms with Gasteiger partial charge in [-0.05, 0) is 0 Å². The molecule has 7 heteroatoms. The first-order valence-electron chi connectivity index (χ1n) is 2.27. The molecule has 0 fully saturated rings. The number of nitrogens with one attached hydrogen (secondary N) is 2. The van der Waals surface area contributed by atoms with E-state index in [9.17, 15) is 9.59 Å². The van der Waals surface area contributed by atoms with E-state index in [0.717, 1.165) is 6.07 Å². The first kappa shape index (κ1) is 12.1. The summed E-state index contributed by atoms with van der Waals surface area (Å²) in [5, 5.41) is 0. The normalized spacial score (nSPS) is 7.64. The lowest BCUT2D eigenvalue weighted by Crippen LogP contribution is -2.22. The summed E-state index contributed by atoms with van der Waals surface area (Å²) in [6.07, 6.45) is 0. The Morgan fingerprint density at radius 2 is 1.73 bits per heavy atom. The highest BCUT2D eigenvalue weighted by Gasteiger charge is 1.86. The van der Waals surface area contributed by atoms with Crippen molar-refractivity contribution < 1.29 is 11.0 Å². The Hall–Kier alpha value is -1.60. The molecule has 0 saturated carbocycles. The fourth-order valence-corrected chi connectivity index (χ4v) is 0.488. The average molecular weight is 163 g/mol. The molecule has 1 rings (SSSR count). The van der Waals surface area contributed by atoms with Crippen LogP contribution in [0.15, 0.2) is 15.7 Å².